The van der Waals surface area contributed by atoms with Crippen molar-refractivity contribution >= 4 is 31.3 Å². The van der Waals surface area contributed by atoms with Crippen molar-refractivity contribution in [1.82, 2.24) is 29.1 Å². The van der Waals surface area contributed by atoms with Crippen molar-refractivity contribution in [2.75, 3.05) is 46.6 Å². The number of hydrogen-bond donors (Lipinski definition) is 0. The summed E-state index contributed by atoms with van der Waals surface area (Å²) in [4.78, 5) is 21.1. The molecule has 2 aliphatic rings. The van der Waals surface area contributed by atoms with Crippen LogP contribution >= 0.6 is 8.53 Å². The van der Waals surface area contributed by atoms with Crippen molar-refractivity contribution in [2.24, 2.45) is 4.99 Å². The zero-order valence-corrected chi connectivity index (χ0v) is 36.2. The van der Waals surface area contributed by atoms with Crippen LogP contribution in [0.15, 0.2) is 103 Å². The first-order valence-corrected chi connectivity index (χ1v) is 21.7. The van der Waals surface area contributed by atoms with Crippen LogP contribution in [0.25, 0.3) is 11.2 Å². The van der Waals surface area contributed by atoms with E-state index in [4.69, 9.17) is 38.0 Å². The number of imidazole rings is 1. The maximum absolute atomic E-state index is 9.43. The molecule has 0 N–H and O–H groups in total. The van der Waals surface area contributed by atoms with Crippen LogP contribution in [0.3, 0.4) is 0 Å². The number of aromatic nitrogens is 4. The number of methoxy groups -OCH3 is 1. The number of fused-ring (bicyclic) bond motifs is 1. The summed E-state index contributed by atoms with van der Waals surface area (Å²) < 4.78 is 43.2. The van der Waals surface area contributed by atoms with E-state index in [9.17, 15) is 5.26 Å². The van der Waals surface area contributed by atoms with E-state index in [0.29, 0.717) is 36.6 Å². The van der Waals surface area contributed by atoms with Crippen LogP contribution < -0.4 is 4.74 Å². The van der Waals surface area contributed by atoms with Gasteiger partial charge in [-0.15, -0.1) is 0 Å². The maximum Gasteiger partial charge on any atom is 0.259 e. The average Bonchev–Trinajstić information content (AvgIpc) is 3.89. The Balaban J connectivity index is 1.27. The molecule has 2 aromatic heterocycles. The van der Waals surface area contributed by atoms with Crippen LogP contribution in [0, 0.1) is 11.3 Å². The minimum atomic E-state index is -1.61. The Morgan fingerprint density at radius 2 is 1.58 bits per heavy atom. The van der Waals surface area contributed by atoms with Gasteiger partial charge in [-0.25, -0.2) is 24.6 Å². The van der Waals surface area contributed by atoms with E-state index in [2.05, 4.69) is 89.7 Å². The fourth-order valence-corrected chi connectivity index (χ4v) is 9.67. The molecule has 7 rings (SSSR count). The van der Waals surface area contributed by atoms with Gasteiger partial charge in [-0.2, -0.15) is 5.26 Å². The van der Waals surface area contributed by atoms with E-state index in [0.717, 1.165) is 41.4 Å². The van der Waals surface area contributed by atoms with Crippen LogP contribution in [0.2, 0.25) is 0 Å². The summed E-state index contributed by atoms with van der Waals surface area (Å²) in [5.74, 6) is 2.08. The van der Waals surface area contributed by atoms with Gasteiger partial charge in [0.1, 0.15) is 35.8 Å². The number of ether oxygens (including phenoxy) is 4. The molecule has 0 saturated carbocycles. The third kappa shape index (κ3) is 9.54. The zero-order valence-electron chi connectivity index (χ0n) is 35.3. The number of nitrogens with zero attached hydrogens (tertiary/aromatic N) is 8. The number of hydrogen-bond acceptors (Lipinski definition) is 12. The third-order valence-corrected chi connectivity index (χ3v) is 12.9. The molecule has 15 heteroatoms. The quantitative estimate of drug-likeness (QED) is 0.0293. The molecule has 14 nitrogen and oxygen atoms in total. The molecule has 0 amide bonds. The Morgan fingerprint density at radius 3 is 2.20 bits per heavy atom. The van der Waals surface area contributed by atoms with Crippen molar-refractivity contribution in [3.63, 3.8) is 0 Å². The molecule has 2 aliphatic heterocycles. The van der Waals surface area contributed by atoms with Crippen LogP contribution in [0.1, 0.15) is 70.4 Å². The van der Waals surface area contributed by atoms with Gasteiger partial charge in [0, 0.05) is 31.6 Å². The second-order valence-corrected chi connectivity index (χ2v) is 16.7. The summed E-state index contributed by atoms with van der Waals surface area (Å²) in [7, 11) is 0.0523. The molecule has 2 saturated heterocycles. The molecule has 0 aliphatic carbocycles. The molecule has 0 spiro atoms. The van der Waals surface area contributed by atoms with Crippen molar-refractivity contribution in [3.8, 4) is 11.8 Å². The summed E-state index contributed by atoms with van der Waals surface area (Å²) in [6.45, 7) is 13.7. The van der Waals surface area contributed by atoms with Crippen molar-refractivity contribution in [2.45, 2.75) is 83.6 Å². The lowest BCUT2D eigenvalue weighted by molar-refractivity contribution is -0.0912. The highest BCUT2D eigenvalue weighted by Gasteiger charge is 2.45. The number of nitriles is 1. The molecule has 4 atom stereocenters. The second-order valence-electron chi connectivity index (χ2n) is 15.3. The van der Waals surface area contributed by atoms with Crippen LogP contribution in [-0.2, 0) is 28.9 Å². The molecule has 0 bridgehead atoms. The summed E-state index contributed by atoms with van der Waals surface area (Å²) in [5, 5.41) is 9.43. The molecule has 4 heterocycles. The summed E-state index contributed by atoms with van der Waals surface area (Å²) in [6, 6.07) is 30.9. The van der Waals surface area contributed by atoms with Gasteiger partial charge < -0.3 is 32.9 Å². The van der Waals surface area contributed by atoms with E-state index in [1.165, 1.54) is 6.33 Å². The van der Waals surface area contributed by atoms with Crippen LogP contribution in [-0.4, -0.2) is 106 Å². The average molecular weight is 835 g/mol. The van der Waals surface area contributed by atoms with Gasteiger partial charge in [-0.1, -0.05) is 72.8 Å². The second kappa shape index (κ2) is 20.1. The Morgan fingerprint density at radius 1 is 0.933 bits per heavy atom. The molecule has 0 radical (unpaired) electrons. The first-order valence-electron chi connectivity index (χ1n) is 20.6. The zero-order chi connectivity index (χ0) is 42.1. The normalized spacial score (nSPS) is 19.4. The SMILES string of the molecule is COc1ccc(C(OC[C@H]2O[C@@H](n3cnc4c(N=C(C)N5CCOCC5)ncnc43)CC2OP(OCCC#N)N(C(C)C)C(C)C)(c2ccccc2)c2ccccc2)cc1. The van der Waals surface area contributed by atoms with Crippen LogP contribution in [0.4, 0.5) is 5.82 Å². The number of aliphatic imine (C=N–C) groups is 1. The Kier molecular flexibility index (Phi) is 14.5. The standard InChI is InChI=1S/C45H55N8O6P/c1-32(2)53(33(3)4)60(57-25-13-22-46)59-39-28-41(52-31-49-42-43(47-30-48-44(42)52)50-34(5)51-23-26-55-27-24-51)58-40(39)29-56-45(35-14-9-7-10-15-35,36-16-11-8-12-17-36)37-18-20-38(54-6)21-19-37/h7-12,14-21,30-33,39-41H,13,23-29H2,1-6H3/t39?,40-,41-,60?/m1/s1. The largest absolute Gasteiger partial charge is 0.497 e. The minimum absolute atomic E-state index is 0.110. The monoisotopic (exact) mass is 834 g/mol. The van der Waals surface area contributed by atoms with Gasteiger partial charge in [0.2, 0.25) is 0 Å². The lowest BCUT2D eigenvalue weighted by Gasteiger charge is -2.39. The molecule has 3 aromatic carbocycles. The number of morpholine rings is 1. The van der Waals surface area contributed by atoms with E-state index in [-0.39, 0.29) is 31.7 Å². The topological polar surface area (TPSA) is 142 Å². The van der Waals surface area contributed by atoms with Gasteiger partial charge >= 0.3 is 0 Å². The molecular formula is C45H55N8O6P. The van der Waals surface area contributed by atoms with E-state index < -0.39 is 32.6 Å². The fourth-order valence-electron chi connectivity index (χ4n) is 7.91. The smallest absolute Gasteiger partial charge is 0.259 e. The summed E-state index contributed by atoms with van der Waals surface area (Å²) >= 11 is 0. The molecule has 2 fully saturated rings. The summed E-state index contributed by atoms with van der Waals surface area (Å²) in [6.07, 6.45) is 2.39. The molecular weight excluding hydrogens is 780 g/mol. The van der Waals surface area contributed by atoms with Crippen molar-refractivity contribution in [1.29, 1.82) is 5.26 Å². The first kappa shape index (κ1) is 43.3. The minimum Gasteiger partial charge on any atom is -0.497 e. The molecule has 2 unspecified atom stereocenters. The number of rotatable bonds is 17. The van der Waals surface area contributed by atoms with Gasteiger partial charge in [0.25, 0.3) is 8.53 Å². The Labute approximate surface area is 354 Å². The number of amidine groups is 1. The number of benzene rings is 3. The first-order chi connectivity index (χ1) is 29.2. The van der Waals surface area contributed by atoms with Gasteiger partial charge in [-0.3, -0.25) is 4.57 Å². The van der Waals surface area contributed by atoms with Gasteiger partial charge in [-0.05, 0) is 63.4 Å². The fraction of sp³-hybridized carbons (Fsp3) is 0.444. The van der Waals surface area contributed by atoms with Crippen molar-refractivity contribution in [3.05, 3.63) is 114 Å². The predicted molar refractivity (Wildman–Crippen MR) is 231 cm³/mol. The Bertz CT molecular complexity index is 2150. The van der Waals surface area contributed by atoms with Crippen molar-refractivity contribution < 1.29 is 28.0 Å². The van der Waals surface area contributed by atoms with Crippen LogP contribution in [0.5, 0.6) is 5.75 Å². The lowest BCUT2D eigenvalue weighted by Crippen LogP contribution is -2.39. The highest BCUT2D eigenvalue weighted by Crippen LogP contribution is 2.51. The highest BCUT2D eigenvalue weighted by atomic mass is 31.2. The van der Waals surface area contributed by atoms with E-state index in [1.807, 2.05) is 60.0 Å². The molecule has 316 valence electrons. The summed E-state index contributed by atoms with van der Waals surface area (Å²) in [5.41, 5.74) is 2.99. The van der Waals surface area contributed by atoms with Gasteiger partial charge in [0.05, 0.1) is 58.5 Å². The predicted octanol–water partition coefficient (Wildman–Crippen LogP) is 8.17. The lowest BCUT2D eigenvalue weighted by atomic mass is 9.80. The van der Waals surface area contributed by atoms with E-state index >= 15 is 0 Å². The molecule has 5 aromatic rings. The Hall–Kier alpha value is -4.84. The third-order valence-electron chi connectivity index (χ3n) is 10.8. The highest BCUT2D eigenvalue weighted by molar-refractivity contribution is 7.44. The van der Waals surface area contributed by atoms with E-state index in [1.54, 1.807) is 13.4 Å². The molecule has 60 heavy (non-hydrogen) atoms. The maximum atomic E-state index is 9.43. The van der Waals surface area contributed by atoms with Gasteiger partial charge in [0.15, 0.2) is 17.0 Å².